The van der Waals surface area contributed by atoms with E-state index in [1.54, 1.807) is 0 Å². The van der Waals surface area contributed by atoms with Gasteiger partial charge in [-0.3, -0.25) is 0 Å². The number of aryl methyl sites for hydroxylation is 1. The fourth-order valence-corrected chi connectivity index (χ4v) is 2.14. The molecular formula is C15H13OY-. The van der Waals surface area contributed by atoms with Crippen LogP contribution in [0.3, 0.4) is 0 Å². The smallest absolute Gasteiger partial charge is 0.0850 e. The third-order valence-electron chi connectivity index (χ3n) is 3.06. The zero-order valence-electron chi connectivity index (χ0n) is 9.81. The quantitative estimate of drug-likeness (QED) is 0.733. The average Bonchev–Trinajstić information content (AvgIpc) is 2.74. The van der Waals surface area contributed by atoms with E-state index in [-0.39, 0.29) is 38.8 Å². The molecule has 0 amide bonds. The van der Waals surface area contributed by atoms with E-state index >= 15 is 0 Å². The normalized spacial score (nSPS) is 17.4. The van der Waals surface area contributed by atoms with Crippen LogP contribution in [0.15, 0.2) is 42.5 Å². The maximum absolute atomic E-state index is 5.83. The number of rotatable bonds is 1. The monoisotopic (exact) mass is 298 g/mol. The van der Waals surface area contributed by atoms with Gasteiger partial charge in [-0.1, -0.05) is 29.8 Å². The van der Waals surface area contributed by atoms with E-state index in [0.29, 0.717) is 6.61 Å². The molecule has 1 aliphatic rings. The number of hydrogen-bond acceptors (Lipinski definition) is 1. The zero-order chi connectivity index (χ0) is 11.0. The summed E-state index contributed by atoms with van der Waals surface area (Å²) in [4.78, 5) is 0. The second-order valence-corrected chi connectivity index (χ2v) is 4.23. The molecule has 0 N–H and O–H groups in total. The van der Waals surface area contributed by atoms with Crippen molar-refractivity contribution >= 4 is 0 Å². The van der Waals surface area contributed by atoms with Gasteiger partial charge in [-0.25, -0.2) is 0 Å². The van der Waals surface area contributed by atoms with Gasteiger partial charge in [0.25, 0.3) is 0 Å². The van der Waals surface area contributed by atoms with Gasteiger partial charge in [0.15, 0.2) is 0 Å². The van der Waals surface area contributed by atoms with Gasteiger partial charge in [-0.15, -0.1) is 11.1 Å². The van der Waals surface area contributed by atoms with Crippen molar-refractivity contribution in [2.75, 3.05) is 0 Å². The summed E-state index contributed by atoms with van der Waals surface area (Å²) < 4.78 is 5.83. The van der Waals surface area contributed by atoms with Gasteiger partial charge in [0.05, 0.1) is 6.10 Å². The second kappa shape index (κ2) is 5.43. The summed E-state index contributed by atoms with van der Waals surface area (Å²) in [6, 6.07) is 17.7. The van der Waals surface area contributed by atoms with Gasteiger partial charge in [0.2, 0.25) is 0 Å². The molecule has 0 saturated heterocycles. The Labute approximate surface area is 127 Å². The van der Waals surface area contributed by atoms with Crippen LogP contribution in [0.25, 0.3) is 0 Å². The zero-order valence-corrected chi connectivity index (χ0v) is 12.6. The summed E-state index contributed by atoms with van der Waals surface area (Å²) in [6.45, 7) is 2.80. The van der Waals surface area contributed by atoms with Crippen LogP contribution in [0.4, 0.5) is 0 Å². The van der Waals surface area contributed by atoms with Crippen molar-refractivity contribution in [2.45, 2.75) is 19.6 Å². The average molecular weight is 298 g/mol. The molecule has 2 aromatic carbocycles. The molecule has 0 spiro atoms. The molecule has 3 rings (SSSR count). The molecule has 1 radical (unpaired) electrons. The summed E-state index contributed by atoms with van der Waals surface area (Å²) in [5, 5.41) is 0. The van der Waals surface area contributed by atoms with Crippen LogP contribution in [-0.2, 0) is 44.1 Å². The SMILES string of the molecule is Cc1ccc(C2OCc3c[c-]ccc32)cc1.[Y]. The maximum atomic E-state index is 5.83. The van der Waals surface area contributed by atoms with Gasteiger partial charge in [0, 0.05) is 39.3 Å². The van der Waals surface area contributed by atoms with Crippen LogP contribution in [0.5, 0.6) is 0 Å². The third kappa shape index (κ3) is 2.52. The molecule has 1 unspecified atom stereocenters. The van der Waals surface area contributed by atoms with Crippen molar-refractivity contribution in [1.29, 1.82) is 0 Å². The first kappa shape index (κ1) is 12.9. The molecule has 2 aromatic rings. The van der Waals surface area contributed by atoms with Crippen molar-refractivity contribution in [2.24, 2.45) is 0 Å². The topological polar surface area (TPSA) is 9.23 Å². The number of ether oxygens (including phenoxy) is 1. The number of fused-ring (bicyclic) bond motifs is 1. The van der Waals surface area contributed by atoms with Crippen molar-refractivity contribution in [3.05, 3.63) is 70.8 Å². The Morgan fingerprint density at radius 3 is 2.71 bits per heavy atom. The Morgan fingerprint density at radius 1 is 1.18 bits per heavy atom. The van der Waals surface area contributed by atoms with Crippen LogP contribution < -0.4 is 0 Å². The van der Waals surface area contributed by atoms with Gasteiger partial charge in [-0.05, 0) is 12.5 Å². The minimum atomic E-state index is 0. The molecule has 17 heavy (non-hydrogen) atoms. The van der Waals surface area contributed by atoms with E-state index in [0.717, 1.165) is 0 Å². The Morgan fingerprint density at radius 2 is 1.94 bits per heavy atom. The first-order valence-corrected chi connectivity index (χ1v) is 5.51. The standard InChI is InChI=1S/C15H13O.Y/c1-11-6-8-12(9-7-11)15-14-5-3-2-4-13(14)10-16-15;/h3-9,15H,10H2,1H3;/q-1;. The van der Waals surface area contributed by atoms with Crippen LogP contribution in [0, 0.1) is 13.0 Å². The Kier molecular flexibility index (Phi) is 4.14. The molecular weight excluding hydrogens is 285 g/mol. The van der Waals surface area contributed by atoms with Crippen LogP contribution in [0.2, 0.25) is 0 Å². The summed E-state index contributed by atoms with van der Waals surface area (Å²) in [7, 11) is 0. The van der Waals surface area contributed by atoms with Gasteiger partial charge in [0.1, 0.15) is 0 Å². The molecule has 1 nitrogen and oxygen atoms in total. The molecule has 1 aliphatic heterocycles. The number of benzene rings is 2. The van der Waals surface area contributed by atoms with Gasteiger partial charge < -0.3 is 4.74 Å². The van der Waals surface area contributed by atoms with Crippen LogP contribution in [0.1, 0.15) is 28.4 Å². The predicted molar refractivity (Wildman–Crippen MR) is 63.1 cm³/mol. The van der Waals surface area contributed by atoms with E-state index in [1.807, 2.05) is 12.1 Å². The Balaban J connectivity index is 0.00000108. The summed E-state index contributed by atoms with van der Waals surface area (Å²) in [6.07, 6.45) is 0.102. The van der Waals surface area contributed by atoms with E-state index in [2.05, 4.69) is 43.3 Å². The van der Waals surface area contributed by atoms with Crippen molar-refractivity contribution in [3.8, 4) is 0 Å². The molecule has 0 fully saturated rings. The molecule has 0 aromatic heterocycles. The van der Waals surface area contributed by atoms with Crippen LogP contribution in [-0.4, -0.2) is 0 Å². The molecule has 1 atom stereocenters. The summed E-state index contributed by atoms with van der Waals surface area (Å²) >= 11 is 0. The van der Waals surface area contributed by atoms with E-state index in [1.165, 1.54) is 22.3 Å². The van der Waals surface area contributed by atoms with E-state index < -0.39 is 0 Å². The molecule has 83 valence electrons. The van der Waals surface area contributed by atoms with Crippen molar-refractivity contribution < 1.29 is 37.4 Å². The van der Waals surface area contributed by atoms with E-state index in [4.69, 9.17) is 4.74 Å². The first-order valence-electron chi connectivity index (χ1n) is 5.51. The molecule has 0 saturated carbocycles. The minimum absolute atomic E-state index is 0. The summed E-state index contributed by atoms with van der Waals surface area (Å²) in [5.74, 6) is 0. The summed E-state index contributed by atoms with van der Waals surface area (Å²) in [5.41, 5.74) is 5.05. The fraction of sp³-hybridized carbons (Fsp3) is 0.200. The second-order valence-electron chi connectivity index (χ2n) is 4.23. The minimum Gasteiger partial charge on any atom is -0.379 e. The molecule has 1 heterocycles. The fourth-order valence-electron chi connectivity index (χ4n) is 2.14. The van der Waals surface area contributed by atoms with Crippen molar-refractivity contribution in [3.63, 3.8) is 0 Å². The first-order chi connectivity index (χ1) is 7.84. The van der Waals surface area contributed by atoms with E-state index in [9.17, 15) is 0 Å². The molecule has 0 bridgehead atoms. The molecule has 2 heteroatoms. The molecule has 0 aliphatic carbocycles. The van der Waals surface area contributed by atoms with Gasteiger partial charge in [-0.2, -0.15) is 24.3 Å². The maximum Gasteiger partial charge on any atom is 0.0850 e. The Hall–Kier alpha value is -0.496. The largest absolute Gasteiger partial charge is 0.379 e. The van der Waals surface area contributed by atoms with Gasteiger partial charge >= 0.3 is 0 Å². The Bertz CT molecular complexity index is 505. The van der Waals surface area contributed by atoms with Crippen LogP contribution >= 0.6 is 0 Å². The predicted octanol–water partition coefficient (Wildman–Crippen LogP) is 3.41. The van der Waals surface area contributed by atoms with Crippen molar-refractivity contribution in [1.82, 2.24) is 0 Å². The number of hydrogen-bond donors (Lipinski definition) is 0. The third-order valence-corrected chi connectivity index (χ3v) is 3.06.